The number of aromatic nitrogens is 5. The lowest BCUT2D eigenvalue weighted by Gasteiger charge is -2.10. The van der Waals surface area contributed by atoms with Gasteiger partial charge in [0.2, 0.25) is 0 Å². The maximum absolute atomic E-state index is 6.52. The molecule has 0 aliphatic carbocycles. The van der Waals surface area contributed by atoms with Gasteiger partial charge in [-0.25, -0.2) is 15.0 Å². The Morgan fingerprint density at radius 3 is 2.00 bits per heavy atom. The topological polar surface area (TPSA) is 82.8 Å². The molecule has 0 spiro atoms. The van der Waals surface area contributed by atoms with Crippen molar-refractivity contribution in [2.75, 3.05) is 0 Å². The van der Waals surface area contributed by atoms with Crippen LogP contribution in [0, 0.1) is 0 Å². The van der Waals surface area contributed by atoms with Crippen LogP contribution in [0.4, 0.5) is 0 Å². The highest BCUT2D eigenvalue weighted by atomic mass is 16.3. The molecule has 7 heteroatoms. The van der Waals surface area contributed by atoms with E-state index in [4.69, 9.17) is 28.8 Å². The normalized spacial score (nSPS) is 12.2. The summed E-state index contributed by atoms with van der Waals surface area (Å²) in [4.78, 5) is 20.2. The van der Waals surface area contributed by atoms with Crippen LogP contribution in [0.15, 0.2) is 124 Å². The molecule has 10 aromatic rings. The Morgan fingerprint density at radius 2 is 1.14 bits per heavy atom. The molecule has 0 unspecified atom stereocenters. The van der Waals surface area contributed by atoms with Crippen LogP contribution < -0.4 is 0 Å². The molecule has 7 nitrogen and oxygen atoms in total. The Morgan fingerprint density at radius 1 is 0.488 bits per heavy atom. The van der Waals surface area contributed by atoms with Gasteiger partial charge in [0, 0.05) is 44.9 Å². The van der Waals surface area contributed by atoms with Crippen molar-refractivity contribution in [2.24, 2.45) is 0 Å². The molecule has 0 radical (unpaired) electrons. The second kappa shape index (κ2) is 8.24. The summed E-state index contributed by atoms with van der Waals surface area (Å²) < 4.78 is 15.0. The van der Waals surface area contributed by atoms with E-state index in [1.54, 1.807) is 0 Å². The lowest BCUT2D eigenvalue weighted by molar-refractivity contribution is 0.662. The van der Waals surface area contributed by atoms with Crippen molar-refractivity contribution in [3.8, 4) is 17.2 Å². The Hall–Kier alpha value is -6.08. The first kappa shape index (κ1) is 22.6. The molecule has 0 saturated heterocycles. The summed E-state index contributed by atoms with van der Waals surface area (Å²) in [6.45, 7) is 0. The zero-order chi connectivity index (χ0) is 28.1. The van der Waals surface area contributed by atoms with Gasteiger partial charge in [0.25, 0.3) is 0 Å². The summed E-state index contributed by atoms with van der Waals surface area (Å²) >= 11 is 0. The van der Waals surface area contributed by atoms with Gasteiger partial charge in [-0.3, -0.25) is 9.55 Å². The Kier molecular flexibility index (Phi) is 4.33. The predicted octanol–water partition coefficient (Wildman–Crippen LogP) is 8.98. The smallest absolute Gasteiger partial charge is 0.197 e. The molecule has 6 heterocycles. The third-order valence-electron chi connectivity index (χ3n) is 8.30. The number of benzene rings is 4. The fraction of sp³-hybridized carbons (Fsp3) is 0. The van der Waals surface area contributed by atoms with Crippen molar-refractivity contribution in [3.63, 3.8) is 0 Å². The molecule has 4 aromatic carbocycles. The van der Waals surface area contributed by atoms with E-state index >= 15 is 0 Å². The zero-order valence-corrected chi connectivity index (χ0v) is 22.5. The highest BCUT2D eigenvalue weighted by Crippen LogP contribution is 2.41. The summed E-state index contributed by atoms with van der Waals surface area (Å²) in [7, 11) is 0. The molecule has 0 N–H and O–H groups in total. The highest BCUT2D eigenvalue weighted by molar-refractivity contribution is 6.22. The Bertz CT molecular complexity index is 2740. The SMILES string of the molecule is c1ccc(-c2nc(-n3c4ccccc4c4cnc5c(ncc6c7ccccc7oc65)c43)c3oc4ccccc4c3n2)cc1. The van der Waals surface area contributed by atoms with Gasteiger partial charge in [-0.05, 0) is 24.3 Å². The fourth-order valence-corrected chi connectivity index (χ4v) is 6.38. The minimum atomic E-state index is 0.610. The molecule has 0 fully saturated rings. The van der Waals surface area contributed by atoms with Gasteiger partial charge in [-0.15, -0.1) is 0 Å². The number of fused-ring (bicyclic) bond motifs is 12. The molecule has 43 heavy (non-hydrogen) atoms. The van der Waals surface area contributed by atoms with Gasteiger partial charge in [0.05, 0.1) is 11.0 Å². The van der Waals surface area contributed by atoms with Crippen LogP contribution in [0.25, 0.3) is 94.1 Å². The van der Waals surface area contributed by atoms with Crippen LogP contribution in [0.3, 0.4) is 0 Å². The molecular weight excluding hydrogens is 534 g/mol. The maximum Gasteiger partial charge on any atom is 0.197 e. The second-order valence-electron chi connectivity index (χ2n) is 10.7. The van der Waals surface area contributed by atoms with Crippen LogP contribution in [0.5, 0.6) is 0 Å². The summed E-state index contributed by atoms with van der Waals surface area (Å²) in [5, 5.41) is 4.90. The number of rotatable bonds is 2. The standard InChI is InChI=1S/C36H19N5O2/c1-2-10-20(11-3-1)35-39-29-23-14-6-9-17-28(23)43-34(29)36(40-35)41-26-15-7-4-12-21(26)24-18-38-31-30(32(24)41)37-19-25-22-13-5-8-16-27(22)42-33(25)31/h1-19H. The Labute approximate surface area is 242 Å². The average molecular weight is 554 g/mol. The fourth-order valence-electron chi connectivity index (χ4n) is 6.38. The largest absolute Gasteiger partial charge is 0.454 e. The molecule has 10 rings (SSSR count). The van der Waals surface area contributed by atoms with E-state index in [1.807, 2.05) is 97.3 Å². The maximum atomic E-state index is 6.52. The first-order valence-electron chi connectivity index (χ1n) is 14.1. The van der Waals surface area contributed by atoms with Gasteiger partial charge in [-0.2, -0.15) is 0 Å². The van der Waals surface area contributed by atoms with Crippen molar-refractivity contribution in [2.45, 2.75) is 0 Å². The van der Waals surface area contributed by atoms with E-state index in [-0.39, 0.29) is 0 Å². The van der Waals surface area contributed by atoms with E-state index in [0.717, 1.165) is 65.7 Å². The Balaban J connectivity index is 1.41. The van der Waals surface area contributed by atoms with E-state index in [9.17, 15) is 0 Å². The van der Waals surface area contributed by atoms with Crippen molar-refractivity contribution >= 4 is 76.8 Å². The number of nitrogens with zero attached hydrogens (tertiary/aromatic N) is 5. The molecule has 0 amide bonds. The van der Waals surface area contributed by atoms with E-state index in [1.165, 1.54) is 0 Å². The van der Waals surface area contributed by atoms with Gasteiger partial charge in [-0.1, -0.05) is 78.9 Å². The van der Waals surface area contributed by atoms with Gasteiger partial charge in [0.1, 0.15) is 27.7 Å². The molecule has 0 saturated carbocycles. The molecule has 6 aromatic heterocycles. The van der Waals surface area contributed by atoms with E-state index in [0.29, 0.717) is 28.3 Å². The van der Waals surface area contributed by atoms with Crippen molar-refractivity contribution < 1.29 is 8.83 Å². The van der Waals surface area contributed by atoms with Crippen molar-refractivity contribution in [1.82, 2.24) is 24.5 Å². The third kappa shape index (κ3) is 3.02. The molecule has 200 valence electrons. The minimum absolute atomic E-state index is 0.610. The third-order valence-corrected chi connectivity index (χ3v) is 8.30. The lowest BCUT2D eigenvalue weighted by atomic mass is 10.1. The molecule has 0 bridgehead atoms. The molecular formula is C36H19N5O2. The minimum Gasteiger partial charge on any atom is -0.454 e. The number of hydrogen-bond donors (Lipinski definition) is 0. The van der Waals surface area contributed by atoms with Crippen LogP contribution in [-0.4, -0.2) is 24.5 Å². The van der Waals surface area contributed by atoms with Gasteiger partial charge in [0.15, 0.2) is 22.8 Å². The monoisotopic (exact) mass is 553 g/mol. The van der Waals surface area contributed by atoms with E-state index in [2.05, 4.69) is 22.8 Å². The summed E-state index contributed by atoms with van der Waals surface area (Å²) in [6.07, 6.45) is 3.80. The summed E-state index contributed by atoms with van der Waals surface area (Å²) in [5.41, 5.74) is 7.85. The highest BCUT2D eigenvalue weighted by Gasteiger charge is 2.24. The summed E-state index contributed by atoms with van der Waals surface area (Å²) in [5.74, 6) is 1.26. The van der Waals surface area contributed by atoms with Crippen molar-refractivity contribution in [1.29, 1.82) is 0 Å². The lowest BCUT2D eigenvalue weighted by Crippen LogP contribution is -2.02. The first-order valence-corrected chi connectivity index (χ1v) is 14.1. The van der Waals surface area contributed by atoms with Crippen LogP contribution in [-0.2, 0) is 0 Å². The first-order chi connectivity index (χ1) is 21.3. The molecule has 0 atom stereocenters. The number of para-hydroxylation sites is 3. The van der Waals surface area contributed by atoms with Gasteiger partial charge < -0.3 is 8.83 Å². The molecule has 0 aliphatic heterocycles. The van der Waals surface area contributed by atoms with E-state index < -0.39 is 0 Å². The zero-order valence-electron chi connectivity index (χ0n) is 22.5. The van der Waals surface area contributed by atoms with Crippen LogP contribution in [0.1, 0.15) is 0 Å². The van der Waals surface area contributed by atoms with Crippen LogP contribution in [0.2, 0.25) is 0 Å². The van der Waals surface area contributed by atoms with Crippen molar-refractivity contribution in [3.05, 3.63) is 116 Å². The van der Waals surface area contributed by atoms with Crippen LogP contribution >= 0.6 is 0 Å². The predicted molar refractivity (Wildman–Crippen MR) is 169 cm³/mol. The second-order valence-corrected chi connectivity index (χ2v) is 10.7. The number of pyridine rings is 2. The number of furan rings is 2. The molecule has 0 aliphatic rings. The summed E-state index contributed by atoms with van der Waals surface area (Å²) in [6, 6.07) is 34.3. The average Bonchev–Trinajstić information content (AvgIpc) is 3.74. The number of hydrogen-bond acceptors (Lipinski definition) is 6. The quantitative estimate of drug-likeness (QED) is 0.212. The van der Waals surface area contributed by atoms with Gasteiger partial charge >= 0.3 is 0 Å².